The van der Waals surface area contributed by atoms with Gasteiger partial charge in [0.2, 0.25) is 5.90 Å². The third kappa shape index (κ3) is 3.70. The molecule has 0 radical (unpaired) electrons. The summed E-state index contributed by atoms with van der Waals surface area (Å²) in [5, 5.41) is 13.0. The number of rotatable bonds is 4. The first-order valence-corrected chi connectivity index (χ1v) is 8.65. The van der Waals surface area contributed by atoms with Crippen LogP contribution in [-0.4, -0.2) is 40.4 Å². The number of aromatic nitrogens is 1. The van der Waals surface area contributed by atoms with Crippen molar-refractivity contribution >= 4 is 38.9 Å². The molecule has 0 amide bonds. The summed E-state index contributed by atoms with van der Waals surface area (Å²) in [5.74, 6) is 0.912. The van der Waals surface area contributed by atoms with Gasteiger partial charge in [-0.3, -0.25) is 4.99 Å². The first-order valence-electron chi connectivity index (χ1n) is 6.97. The van der Waals surface area contributed by atoms with Crippen molar-refractivity contribution in [1.29, 1.82) is 0 Å². The van der Waals surface area contributed by atoms with Crippen molar-refractivity contribution in [3.8, 4) is 0 Å². The number of ether oxygens (including phenoxy) is 1. The third-order valence-corrected chi connectivity index (χ3v) is 4.88. The predicted molar refractivity (Wildman–Crippen MR) is 89.4 cm³/mol. The molecule has 1 aromatic heterocycles. The fourth-order valence-corrected chi connectivity index (χ4v) is 3.48. The maximum absolute atomic E-state index is 10.5. The summed E-state index contributed by atoms with van der Waals surface area (Å²) in [5.41, 5.74) is 0.816. The fourth-order valence-electron chi connectivity index (χ4n) is 2.20. The number of halogens is 1. The van der Waals surface area contributed by atoms with Crippen molar-refractivity contribution in [2.24, 2.45) is 15.9 Å². The van der Waals surface area contributed by atoms with Gasteiger partial charge in [-0.15, -0.1) is 11.3 Å². The van der Waals surface area contributed by atoms with Gasteiger partial charge >= 0.3 is 0 Å². The van der Waals surface area contributed by atoms with E-state index in [0.29, 0.717) is 23.4 Å². The molecule has 2 heterocycles. The van der Waals surface area contributed by atoms with Gasteiger partial charge in [-0.05, 0) is 35.7 Å². The Hall–Kier alpha value is -0.790. The average Bonchev–Trinajstić information content (AvgIpc) is 2.86. The van der Waals surface area contributed by atoms with Crippen molar-refractivity contribution in [1.82, 2.24) is 4.98 Å². The smallest absolute Gasteiger partial charge is 0.209 e. The minimum Gasteiger partial charge on any atom is -0.480 e. The van der Waals surface area contributed by atoms with E-state index in [1.54, 1.807) is 0 Å². The van der Waals surface area contributed by atoms with Crippen LogP contribution in [0.4, 0.5) is 0 Å². The monoisotopic (exact) mass is 373 g/mol. The highest BCUT2D eigenvalue weighted by molar-refractivity contribution is 9.10. The molecule has 2 rings (SSSR count). The molecule has 1 N–H and O–H groups in total. The number of nitrogens with zero attached hydrogens (tertiary/aromatic N) is 3. The van der Waals surface area contributed by atoms with Gasteiger partial charge in [0.1, 0.15) is 27.8 Å². The summed E-state index contributed by atoms with van der Waals surface area (Å²) in [7, 11) is 0. The Morgan fingerprint density at radius 2 is 2.10 bits per heavy atom. The fraction of sp³-hybridized carbons (Fsp3) is 0.643. The second-order valence-corrected chi connectivity index (χ2v) is 6.96. The quantitative estimate of drug-likeness (QED) is 0.880. The topological polar surface area (TPSA) is 67.1 Å². The van der Waals surface area contributed by atoms with E-state index in [-0.39, 0.29) is 6.04 Å². The van der Waals surface area contributed by atoms with Crippen LogP contribution in [0.2, 0.25) is 0 Å². The van der Waals surface area contributed by atoms with Crippen LogP contribution in [0, 0.1) is 5.92 Å². The molecule has 5 nitrogen and oxygen atoms in total. The molecule has 0 saturated heterocycles. The normalized spacial score (nSPS) is 23.8. The van der Waals surface area contributed by atoms with Crippen LogP contribution in [0.25, 0.3) is 0 Å². The lowest BCUT2D eigenvalue weighted by Gasteiger charge is -2.29. The second kappa shape index (κ2) is 6.98. The maximum Gasteiger partial charge on any atom is 0.209 e. The molecule has 116 valence electrons. The van der Waals surface area contributed by atoms with Crippen LogP contribution < -0.4 is 0 Å². The molecule has 0 aromatic carbocycles. The van der Waals surface area contributed by atoms with Gasteiger partial charge in [0.05, 0.1) is 6.61 Å². The Labute approximate surface area is 137 Å². The third-order valence-electron chi connectivity index (χ3n) is 3.26. The van der Waals surface area contributed by atoms with E-state index >= 15 is 0 Å². The van der Waals surface area contributed by atoms with E-state index in [4.69, 9.17) is 4.74 Å². The molecule has 1 aliphatic rings. The van der Waals surface area contributed by atoms with E-state index in [0.717, 1.165) is 10.3 Å². The molecule has 0 spiro atoms. The lowest BCUT2D eigenvalue weighted by molar-refractivity contribution is 0.165. The van der Waals surface area contributed by atoms with Gasteiger partial charge < -0.3 is 9.84 Å². The van der Waals surface area contributed by atoms with Gasteiger partial charge in [0.15, 0.2) is 0 Å². The second-order valence-electron chi connectivity index (χ2n) is 5.26. The lowest BCUT2D eigenvalue weighted by atomic mass is 9.99. The summed E-state index contributed by atoms with van der Waals surface area (Å²) >= 11 is 4.70. The van der Waals surface area contributed by atoms with E-state index < -0.39 is 12.1 Å². The zero-order valence-electron chi connectivity index (χ0n) is 12.6. The zero-order chi connectivity index (χ0) is 15.6. The summed E-state index contributed by atoms with van der Waals surface area (Å²) in [4.78, 5) is 13.6. The Bertz CT molecular complexity index is 556. The van der Waals surface area contributed by atoms with Crippen LogP contribution in [0.15, 0.2) is 20.0 Å². The van der Waals surface area contributed by atoms with Gasteiger partial charge in [-0.1, -0.05) is 13.8 Å². The van der Waals surface area contributed by atoms with Crippen molar-refractivity contribution < 1.29 is 9.84 Å². The summed E-state index contributed by atoms with van der Waals surface area (Å²) in [6.45, 7) is 8.55. The van der Waals surface area contributed by atoms with Crippen molar-refractivity contribution in [2.75, 3.05) is 6.61 Å². The molecule has 21 heavy (non-hydrogen) atoms. The average molecular weight is 374 g/mol. The number of aliphatic imine (C=N–C) groups is 2. The summed E-state index contributed by atoms with van der Waals surface area (Å²) in [6.07, 6.45) is -0.798. The van der Waals surface area contributed by atoms with E-state index in [1.165, 1.54) is 11.3 Å². The molecule has 0 unspecified atom stereocenters. The molecule has 0 aliphatic carbocycles. The molecular formula is C14H20BrN3O2S. The highest BCUT2D eigenvalue weighted by Gasteiger charge is 2.33. The minimum atomic E-state index is -0.798. The SMILES string of the molecule is CCOC1=N[C@@H]([C@H](O)c2nc(Br)cs2)C(C)=N[C@@H]1C(C)C. The Balaban J connectivity index is 2.28. The van der Waals surface area contributed by atoms with Crippen LogP contribution in [-0.2, 0) is 4.74 Å². The van der Waals surface area contributed by atoms with Crippen LogP contribution in [0.5, 0.6) is 0 Å². The standard InChI is InChI=1S/C14H20BrN3O2S/c1-5-20-13-10(7(2)3)16-8(4)11(18-13)12(19)14-17-9(15)6-21-14/h6-7,10-12,19H,5H2,1-4H3/t10-,11-,12+/m1/s1. The van der Waals surface area contributed by atoms with Crippen LogP contribution in [0.1, 0.15) is 38.8 Å². The Morgan fingerprint density at radius 1 is 1.38 bits per heavy atom. The van der Waals surface area contributed by atoms with Crippen molar-refractivity contribution in [3.05, 3.63) is 15.0 Å². The van der Waals surface area contributed by atoms with Gasteiger partial charge in [-0.25, -0.2) is 9.98 Å². The van der Waals surface area contributed by atoms with Gasteiger partial charge in [-0.2, -0.15) is 0 Å². The summed E-state index contributed by atoms with van der Waals surface area (Å²) < 4.78 is 6.36. The number of aliphatic hydroxyl groups excluding tert-OH is 1. The summed E-state index contributed by atoms with van der Waals surface area (Å²) in [6, 6.07) is -0.504. The highest BCUT2D eigenvalue weighted by Crippen LogP contribution is 2.29. The van der Waals surface area contributed by atoms with Gasteiger partial charge in [0.25, 0.3) is 0 Å². The number of thiazole rings is 1. The van der Waals surface area contributed by atoms with Crippen molar-refractivity contribution in [3.63, 3.8) is 0 Å². The van der Waals surface area contributed by atoms with Crippen LogP contribution in [0.3, 0.4) is 0 Å². The Kier molecular flexibility index (Phi) is 5.51. The first-order chi connectivity index (χ1) is 9.93. The minimum absolute atomic E-state index is 0.0727. The van der Waals surface area contributed by atoms with Crippen LogP contribution >= 0.6 is 27.3 Å². The largest absolute Gasteiger partial charge is 0.480 e. The molecule has 0 bridgehead atoms. The molecule has 0 saturated carbocycles. The molecule has 0 fully saturated rings. The Morgan fingerprint density at radius 3 is 2.62 bits per heavy atom. The van der Waals surface area contributed by atoms with Gasteiger partial charge in [0, 0.05) is 11.1 Å². The van der Waals surface area contributed by atoms with E-state index in [1.807, 2.05) is 19.2 Å². The maximum atomic E-state index is 10.5. The lowest BCUT2D eigenvalue weighted by Crippen LogP contribution is -2.38. The highest BCUT2D eigenvalue weighted by atomic mass is 79.9. The number of hydrogen-bond donors (Lipinski definition) is 1. The predicted octanol–water partition coefficient (Wildman–Crippen LogP) is 3.24. The number of hydrogen-bond acceptors (Lipinski definition) is 6. The zero-order valence-corrected chi connectivity index (χ0v) is 15.0. The molecular weight excluding hydrogens is 354 g/mol. The molecule has 1 aromatic rings. The molecule has 7 heteroatoms. The molecule has 1 aliphatic heterocycles. The van der Waals surface area contributed by atoms with Crippen molar-refractivity contribution in [2.45, 2.75) is 45.9 Å². The molecule has 3 atom stereocenters. The number of aliphatic hydroxyl groups is 1. The van der Waals surface area contributed by atoms with E-state index in [9.17, 15) is 5.11 Å². The van der Waals surface area contributed by atoms with E-state index in [2.05, 4.69) is 44.7 Å². The first kappa shape index (κ1) is 16.6.